The number of nitrogens with zero attached hydrogens (tertiary/aromatic N) is 4. The summed E-state index contributed by atoms with van der Waals surface area (Å²) in [4.78, 5) is 0. The topological polar surface area (TPSA) is 70.6 Å². The van der Waals surface area contributed by atoms with Crippen LogP contribution in [0.4, 0.5) is 0 Å². The molecule has 3 aromatic heterocycles. The van der Waals surface area contributed by atoms with Gasteiger partial charge in [-0.25, -0.2) is 0 Å². The SMILES string of the molecule is N#Cc1cc(-c2ccccc2-c2cccc(-n3c4ccccc4c4c5oc6ccc(C#N)cc6c5ccc43)c2)cc(-n2c3ccccc3c3ccccc32)c1. The lowest BCUT2D eigenvalue weighted by molar-refractivity contribution is 0.673. The summed E-state index contributed by atoms with van der Waals surface area (Å²) in [5.41, 5.74) is 13.2. The largest absolute Gasteiger partial charge is 0.455 e. The van der Waals surface area contributed by atoms with Crippen LogP contribution in [0.3, 0.4) is 0 Å². The van der Waals surface area contributed by atoms with Gasteiger partial charge in [0.25, 0.3) is 0 Å². The number of hydrogen-bond acceptors (Lipinski definition) is 3. The molecule has 0 bridgehead atoms. The molecule has 11 rings (SSSR count). The third-order valence-electron chi connectivity index (χ3n) is 10.9. The number of para-hydroxylation sites is 3. The van der Waals surface area contributed by atoms with Gasteiger partial charge in [-0.15, -0.1) is 0 Å². The summed E-state index contributed by atoms with van der Waals surface area (Å²) in [5, 5.41) is 26.3. The summed E-state index contributed by atoms with van der Waals surface area (Å²) in [5.74, 6) is 0. The van der Waals surface area contributed by atoms with Crippen LogP contribution in [-0.4, -0.2) is 9.13 Å². The van der Waals surface area contributed by atoms with E-state index in [1.807, 2.05) is 24.3 Å². The Morgan fingerprint density at radius 3 is 1.75 bits per heavy atom. The molecular weight excluding hydrogens is 673 g/mol. The van der Waals surface area contributed by atoms with Gasteiger partial charge in [-0.3, -0.25) is 0 Å². The van der Waals surface area contributed by atoms with Gasteiger partial charge in [0.1, 0.15) is 11.2 Å². The molecule has 0 saturated heterocycles. The number of furan rings is 1. The van der Waals surface area contributed by atoms with Crippen molar-refractivity contribution in [1.82, 2.24) is 9.13 Å². The summed E-state index contributed by atoms with van der Waals surface area (Å²) in [6.07, 6.45) is 0. The summed E-state index contributed by atoms with van der Waals surface area (Å²) in [6.45, 7) is 0. The summed E-state index contributed by atoms with van der Waals surface area (Å²) in [7, 11) is 0. The highest BCUT2D eigenvalue weighted by atomic mass is 16.3. The van der Waals surface area contributed by atoms with Gasteiger partial charge in [0.2, 0.25) is 0 Å². The smallest absolute Gasteiger partial charge is 0.145 e. The van der Waals surface area contributed by atoms with E-state index in [-0.39, 0.29) is 0 Å². The van der Waals surface area contributed by atoms with Crippen molar-refractivity contribution >= 4 is 65.6 Å². The number of fused-ring (bicyclic) bond motifs is 10. The van der Waals surface area contributed by atoms with Gasteiger partial charge >= 0.3 is 0 Å². The van der Waals surface area contributed by atoms with Crippen molar-refractivity contribution in [3.8, 4) is 45.8 Å². The first-order valence-electron chi connectivity index (χ1n) is 18.2. The van der Waals surface area contributed by atoms with Crippen molar-refractivity contribution in [1.29, 1.82) is 10.5 Å². The Labute approximate surface area is 315 Å². The molecule has 0 saturated carbocycles. The minimum Gasteiger partial charge on any atom is -0.455 e. The second kappa shape index (κ2) is 11.8. The Morgan fingerprint density at radius 2 is 1.02 bits per heavy atom. The van der Waals surface area contributed by atoms with Gasteiger partial charge in [-0.05, 0) is 101 Å². The lowest BCUT2D eigenvalue weighted by Gasteiger charge is -2.15. The normalized spacial score (nSPS) is 11.6. The molecule has 55 heavy (non-hydrogen) atoms. The predicted molar refractivity (Wildman–Crippen MR) is 223 cm³/mol. The Hall–Kier alpha value is -7.86. The number of nitriles is 2. The molecule has 0 fully saturated rings. The fraction of sp³-hybridized carbons (Fsp3) is 0. The lowest BCUT2D eigenvalue weighted by atomic mass is 9.93. The Kier molecular flexibility index (Phi) is 6.61. The molecule has 3 heterocycles. The van der Waals surface area contributed by atoms with Gasteiger partial charge in [0, 0.05) is 38.3 Å². The quantitative estimate of drug-likeness (QED) is 0.183. The third-order valence-corrected chi connectivity index (χ3v) is 10.9. The minimum absolute atomic E-state index is 0.601. The Balaban J connectivity index is 1.10. The molecule has 0 atom stereocenters. The molecule has 0 unspecified atom stereocenters. The van der Waals surface area contributed by atoms with E-state index < -0.39 is 0 Å². The molecule has 0 radical (unpaired) electrons. The highest BCUT2D eigenvalue weighted by Gasteiger charge is 2.20. The summed E-state index contributed by atoms with van der Waals surface area (Å²) < 4.78 is 11.1. The van der Waals surface area contributed by atoms with Crippen LogP contribution in [0.1, 0.15) is 11.1 Å². The van der Waals surface area contributed by atoms with Gasteiger partial charge in [-0.1, -0.05) is 91.0 Å². The minimum atomic E-state index is 0.601. The van der Waals surface area contributed by atoms with Crippen LogP contribution in [-0.2, 0) is 0 Å². The van der Waals surface area contributed by atoms with Crippen molar-refractivity contribution in [2.24, 2.45) is 0 Å². The fourth-order valence-corrected chi connectivity index (χ4v) is 8.59. The zero-order valence-electron chi connectivity index (χ0n) is 29.4. The Morgan fingerprint density at radius 1 is 0.400 bits per heavy atom. The zero-order valence-corrected chi connectivity index (χ0v) is 29.4. The maximum absolute atomic E-state index is 10.3. The molecule has 0 N–H and O–H groups in total. The van der Waals surface area contributed by atoms with Crippen LogP contribution in [0, 0.1) is 22.7 Å². The van der Waals surface area contributed by atoms with E-state index in [0.717, 1.165) is 88.4 Å². The van der Waals surface area contributed by atoms with Crippen LogP contribution in [0.25, 0.3) is 99.2 Å². The molecule has 5 heteroatoms. The molecule has 0 aliphatic rings. The highest BCUT2D eigenvalue weighted by Crippen LogP contribution is 2.42. The fourth-order valence-electron chi connectivity index (χ4n) is 8.59. The van der Waals surface area contributed by atoms with E-state index in [4.69, 9.17) is 4.42 Å². The molecule has 0 aliphatic carbocycles. The number of hydrogen-bond donors (Lipinski definition) is 0. The highest BCUT2D eigenvalue weighted by molar-refractivity contribution is 6.24. The van der Waals surface area contributed by atoms with Gasteiger partial charge in [-0.2, -0.15) is 10.5 Å². The Bertz CT molecular complexity index is 3420. The molecule has 0 aliphatic heterocycles. The second-order valence-electron chi connectivity index (χ2n) is 14.0. The van der Waals surface area contributed by atoms with Crippen molar-refractivity contribution in [2.45, 2.75) is 0 Å². The maximum atomic E-state index is 10.3. The van der Waals surface area contributed by atoms with Crippen LogP contribution >= 0.6 is 0 Å². The molecule has 8 aromatic carbocycles. The predicted octanol–water partition coefficient (Wildman–Crippen LogP) is 12.9. The first-order chi connectivity index (χ1) is 27.2. The van der Waals surface area contributed by atoms with Crippen LogP contribution in [0.5, 0.6) is 0 Å². The number of aromatic nitrogens is 2. The average Bonchev–Trinajstić information content (AvgIpc) is 3.91. The number of benzene rings is 8. The van der Waals surface area contributed by atoms with E-state index >= 15 is 0 Å². The van der Waals surface area contributed by atoms with Crippen molar-refractivity contribution in [2.75, 3.05) is 0 Å². The molecule has 0 spiro atoms. The summed E-state index contributed by atoms with van der Waals surface area (Å²) in [6, 6.07) is 63.2. The number of rotatable bonds is 4. The van der Waals surface area contributed by atoms with Gasteiger partial charge in [0.05, 0.1) is 50.7 Å². The van der Waals surface area contributed by atoms with Crippen LogP contribution < -0.4 is 0 Å². The van der Waals surface area contributed by atoms with E-state index in [9.17, 15) is 10.5 Å². The van der Waals surface area contributed by atoms with Crippen molar-refractivity contribution < 1.29 is 4.42 Å². The molecular formula is C50H28N4O. The second-order valence-corrected chi connectivity index (χ2v) is 14.0. The third kappa shape index (κ3) is 4.58. The van der Waals surface area contributed by atoms with Gasteiger partial charge < -0.3 is 13.6 Å². The van der Waals surface area contributed by atoms with E-state index in [2.05, 4.69) is 161 Å². The lowest BCUT2D eigenvalue weighted by Crippen LogP contribution is -1.97. The summed E-state index contributed by atoms with van der Waals surface area (Å²) >= 11 is 0. The standard InChI is InChI=1S/C50H28N4O/c51-29-31-20-23-48-43(26-31)41-21-22-47-49(50(41)55-48)42-16-5-8-19-46(42)53(47)35-11-9-10-33(27-35)37-12-1-2-13-38(37)34-24-32(30-52)25-36(28-34)54-44-17-6-3-14-39(44)40-15-4-7-18-45(40)54/h1-28H. The molecule has 254 valence electrons. The molecule has 11 aromatic rings. The monoisotopic (exact) mass is 700 g/mol. The first-order valence-corrected chi connectivity index (χ1v) is 18.2. The van der Waals surface area contributed by atoms with Crippen molar-refractivity contribution in [3.63, 3.8) is 0 Å². The molecule has 5 nitrogen and oxygen atoms in total. The van der Waals surface area contributed by atoms with E-state index in [0.29, 0.717) is 11.1 Å². The first kappa shape index (κ1) is 30.7. The zero-order chi connectivity index (χ0) is 36.6. The van der Waals surface area contributed by atoms with Crippen molar-refractivity contribution in [3.05, 3.63) is 181 Å². The van der Waals surface area contributed by atoms with E-state index in [1.165, 1.54) is 10.8 Å². The average molecular weight is 701 g/mol. The van der Waals surface area contributed by atoms with Gasteiger partial charge in [0.15, 0.2) is 0 Å². The maximum Gasteiger partial charge on any atom is 0.145 e. The molecule has 0 amide bonds. The van der Waals surface area contributed by atoms with Crippen LogP contribution in [0.15, 0.2) is 174 Å². The van der Waals surface area contributed by atoms with E-state index in [1.54, 1.807) is 6.07 Å². The van der Waals surface area contributed by atoms with Crippen LogP contribution in [0.2, 0.25) is 0 Å².